The number of carbonyl (C=O) groups is 2. The first-order valence-electron chi connectivity index (χ1n) is 10.2. The number of hydrogen-bond acceptors (Lipinski definition) is 6. The van der Waals surface area contributed by atoms with Gasteiger partial charge >= 0.3 is 0 Å². The molecule has 0 aliphatic carbocycles. The van der Waals surface area contributed by atoms with Gasteiger partial charge in [0.25, 0.3) is 5.91 Å². The Bertz CT molecular complexity index is 1100. The molecular weight excluding hydrogens is 412 g/mol. The maximum Gasteiger partial charge on any atom is 0.268 e. The third kappa shape index (κ3) is 4.24. The summed E-state index contributed by atoms with van der Waals surface area (Å²) >= 11 is 1.57. The quantitative estimate of drug-likeness (QED) is 0.514. The van der Waals surface area contributed by atoms with Gasteiger partial charge in [-0.3, -0.25) is 14.5 Å². The minimum atomic E-state index is -0.664. The number of aromatic nitrogens is 1. The number of carbonyl (C=O) groups excluding carboxylic acids is 2. The van der Waals surface area contributed by atoms with E-state index in [4.69, 9.17) is 9.47 Å². The molecule has 0 saturated heterocycles. The lowest BCUT2D eigenvalue weighted by atomic mass is 10.0. The molecule has 2 unspecified atom stereocenters. The van der Waals surface area contributed by atoms with Crippen LogP contribution in [0.5, 0.6) is 5.75 Å². The number of Topliss-reactive ketones (excluding diaryl/α,β-unsaturated/α-hetero) is 1. The Morgan fingerprint density at radius 3 is 2.77 bits per heavy atom. The number of fused-ring (bicyclic) bond motifs is 1. The summed E-state index contributed by atoms with van der Waals surface area (Å²) in [6.07, 6.45) is 0.0873. The minimum absolute atomic E-state index is 0.116. The molecule has 0 bridgehead atoms. The molecule has 31 heavy (non-hydrogen) atoms. The molecule has 6 nitrogen and oxygen atoms in total. The first-order chi connectivity index (χ1) is 15.0. The van der Waals surface area contributed by atoms with Crippen molar-refractivity contribution in [2.45, 2.75) is 32.4 Å². The van der Waals surface area contributed by atoms with Gasteiger partial charge in [0.1, 0.15) is 5.75 Å². The number of nitrogens with zero attached hydrogens (tertiary/aromatic N) is 2. The Morgan fingerprint density at radius 1 is 1.26 bits per heavy atom. The largest absolute Gasteiger partial charge is 0.479 e. The van der Waals surface area contributed by atoms with Crippen molar-refractivity contribution in [3.63, 3.8) is 0 Å². The Hall–Kier alpha value is -3.03. The van der Waals surface area contributed by atoms with Crippen molar-refractivity contribution in [1.29, 1.82) is 0 Å². The highest BCUT2D eigenvalue weighted by Crippen LogP contribution is 2.39. The van der Waals surface area contributed by atoms with Crippen LogP contribution < -0.4 is 9.64 Å². The van der Waals surface area contributed by atoms with Crippen LogP contribution >= 0.6 is 11.3 Å². The molecule has 1 amide bonds. The van der Waals surface area contributed by atoms with Gasteiger partial charge < -0.3 is 9.47 Å². The van der Waals surface area contributed by atoms with Crippen LogP contribution in [0.3, 0.4) is 0 Å². The number of methoxy groups -OCH3 is 1. The summed E-state index contributed by atoms with van der Waals surface area (Å²) in [7, 11) is 1.67. The maximum absolute atomic E-state index is 13.1. The van der Waals surface area contributed by atoms with E-state index in [1.54, 1.807) is 49.3 Å². The van der Waals surface area contributed by atoms with Crippen LogP contribution in [0.1, 0.15) is 29.2 Å². The predicted molar refractivity (Wildman–Crippen MR) is 121 cm³/mol. The van der Waals surface area contributed by atoms with Crippen molar-refractivity contribution in [2.24, 2.45) is 0 Å². The third-order valence-electron chi connectivity index (χ3n) is 5.30. The smallest absolute Gasteiger partial charge is 0.268 e. The van der Waals surface area contributed by atoms with Gasteiger partial charge in [0.15, 0.2) is 11.9 Å². The van der Waals surface area contributed by atoms with Gasteiger partial charge in [0.05, 0.1) is 29.0 Å². The molecule has 1 aromatic heterocycles. The maximum atomic E-state index is 13.1. The zero-order valence-corrected chi connectivity index (χ0v) is 18.5. The van der Waals surface area contributed by atoms with E-state index in [0.29, 0.717) is 23.6 Å². The first-order valence-corrected chi connectivity index (χ1v) is 11.0. The van der Waals surface area contributed by atoms with Gasteiger partial charge in [-0.05, 0) is 32.0 Å². The van der Waals surface area contributed by atoms with Crippen molar-refractivity contribution in [1.82, 2.24) is 4.98 Å². The van der Waals surface area contributed by atoms with E-state index in [1.165, 1.54) is 0 Å². The van der Waals surface area contributed by atoms with Crippen LogP contribution in [0, 0.1) is 0 Å². The molecule has 7 heteroatoms. The number of amides is 1. The lowest BCUT2D eigenvalue weighted by Gasteiger charge is -2.36. The van der Waals surface area contributed by atoms with Crippen molar-refractivity contribution in [3.8, 4) is 17.0 Å². The molecule has 0 spiro atoms. The van der Waals surface area contributed by atoms with Gasteiger partial charge in [0.2, 0.25) is 0 Å². The highest BCUT2D eigenvalue weighted by atomic mass is 32.1. The van der Waals surface area contributed by atoms with Crippen LogP contribution in [0.2, 0.25) is 0 Å². The zero-order chi connectivity index (χ0) is 22.0. The molecule has 1 aliphatic heterocycles. The van der Waals surface area contributed by atoms with Gasteiger partial charge in [-0.25, -0.2) is 4.98 Å². The summed E-state index contributed by atoms with van der Waals surface area (Å²) < 4.78 is 11.0. The van der Waals surface area contributed by atoms with Crippen molar-refractivity contribution < 1.29 is 19.1 Å². The molecule has 2 atom stereocenters. The van der Waals surface area contributed by atoms with Gasteiger partial charge in [-0.15, -0.1) is 11.3 Å². The highest BCUT2D eigenvalue weighted by Gasteiger charge is 2.37. The van der Waals surface area contributed by atoms with E-state index in [9.17, 15) is 9.59 Å². The summed E-state index contributed by atoms with van der Waals surface area (Å²) in [5.74, 6) is 0.230. The molecule has 0 N–H and O–H groups in total. The van der Waals surface area contributed by atoms with E-state index in [-0.39, 0.29) is 11.7 Å². The second kappa shape index (κ2) is 8.99. The van der Waals surface area contributed by atoms with E-state index in [1.807, 2.05) is 41.8 Å². The molecule has 0 radical (unpaired) electrons. The zero-order valence-electron chi connectivity index (χ0n) is 17.7. The number of ketones is 1. The summed E-state index contributed by atoms with van der Waals surface area (Å²) in [5.41, 5.74) is 2.85. The number of thiazole rings is 1. The number of anilines is 1. The van der Waals surface area contributed by atoms with Crippen molar-refractivity contribution >= 4 is 28.7 Å². The van der Waals surface area contributed by atoms with E-state index < -0.39 is 12.1 Å². The lowest BCUT2D eigenvalue weighted by Crippen LogP contribution is -2.51. The van der Waals surface area contributed by atoms with Gasteiger partial charge in [-0.1, -0.05) is 30.3 Å². The summed E-state index contributed by atoms with van der Waals surface area (Å²) in [5, 5.41) is 2.98. The fourth-order valence-electron chi connectivity index (χ4n) is 3.63. The van der Waals surface area contributed by atoms with Crippen LogP contribution in [0.15, 0.2) is 53.9 Å². The third-order valence-corrected chi connectivity index (χ3v) is 6.21. The molecule has 0 saturated carbocycles. The standard InChI is InChI=1S/C24H24N2O4S/c1-15(23(27)17-7-5-4-6-8-17)26-20-13-18(9-10-21(20)30-16(2)24(26)28)19-14-31-22(25-19)11-12-29-3/h4-10,13-16H,11-12H2,1-3H3. The molecule has 2 heterocycles. The summed E-state index contributed by atoms with van der Waals surface area (Å²) in [6.45, 7) is 4.08. The molecular formula is C24H24N2O4S. The summed E-state index contributed by atoms with van der Waals surface area (Å²) in [6, 6.07) is 14.0. The second-order valence-electron chi connectivity index (χ2n) is 7.43. The first kappa shape index (κ1) is 21.2. The van der Waals surface area contributed by atoms with Crippen molar-refractivity contribution in [2.75, 3.05) is 18.6 Å². The molecule has 3 aromatic rings. The number of benzene rings is 2. The Morgan fingerprint density at radius 2 is 2.03 bits per heavy atom. The number of ether oxygens (including phenoxy) is 2. The fraction of sp³-hybridized carbons (Fsp3) is 0.292. The minimum Gasteiger partial charge on any atom is -0.479 e. The Balaban J connectivity index is 1.70. The Kier molecular flexibility index (Phi) is 6.15. The normalized spacial score (nSPS) is 16.5. The van der Waals surface area contributed by atoms with E-state index in [0.717, 1.165) is 22.7 Å². The fourth-order valence-corrected chi connectivity index (χ4v) is 4.42. The van der Waals surface area contributed by atoms with Gasteiger partial charge in [-0.2, -0.15) is 0 Å². The van der Waals surface area contributed by atoms with Crippen LogP contribution in [0.4, 0.5) is 5.69 Å². The number of hydrogen-bond donors (Lipinski definition) is 0. The van der Waals surface area contributed by atoms with Crippen LogP contribution in [-0.4, -0.2) is 42.5 Å². The summed E-state index contributed by atoms with van der Waals surface area (Å²) in [4.78, 5) is 32.4. The average molecular weight is 437 g/mol. The molecule has 0 fully saturated rings. The molecule has 2 aromatic carbocycles. The van der Waals surface area contributed by atoms with E-state index >= 15 is 0 Å². The predicted octanol–water partition coefficient (Wildman–Crippen LogP) is 4.38. The topological polar surface area (TPSA) is 68.7 Å². The second-order valence-corrected chi connectivity index (χ2v) is 8.37. The van der Waals surface area contributed by atoms with Gasteiger partial charge in [0, 0.05) is 30.0 Å². The van der Waals surface area contributed by atoms with Crippen molar-refractivity contribution in [3.05, 3.63) is 64.5 Å². The van der Waals surface area contributed by atoms with Crippen LogP contribution in [-0.2, 0) is 16.0 Å². The Labute approximate surface area is 185 Å². The number of rotatable bonds is 7. The average Bonchev–Trinajstić information content (AvgIpc) is 3.27. The molecule has 4 rings (SSSR count). The SMILES string of the molecule is COCCc1nc(-c2ccc3c(c2)N(C(C)C(=O)c2ccccc2)C(=O)C(C)O3)cs1. The highest BCUT2D eigenvalue weighted by molar-refractivity contribution is 7.09. The van der Waals surface area contributed by atoms with E-state index in [2.05, 4.69) is 4.98 Å². The molecule has 1 aliphatic rings. The lowest BCUT2D eigenvalue weighted by molar-refractivity contribution is -0.125. The van der Waals surface area contributed by atoms with Crippen LogP contribution in [0.25, 0.3) is 11.3 Å². The molecule has 160 valence electrons. The monoisotopic (exact) mass is 436 g/mol.